The number of rotatable bonds is 3. The van der Waals surface area contributed by atoms with E-state index in [0.29, 0.717) is 16.9 Å². The lowest BCUT2D eigenvalue weighted by molar-refractivity contribution is 0.0702. The summed E-state index contributed by atoms with van der Waals surface area (Å²) in [6.45, 7) is 5.80. The number of ether oxygens (including phenoxy) is 2. The van der Waals surface area contributed by atoms with Gasteiger partial charge in [0.1, 0.15) is 28.7 Å². The van der Waals surface area contributed by atoms with Gasteiger partial charge in [0.05, 0.1) is 5.92 Å². The number of benzene rings is 3. The van der Waals surface area contributed by atoms with Crippen LogP contribution in [0.2, 0.25) is 0 Å². The average molecular weight is 529 g/mol. The van der Waals surface area contributed by atoms with E-state index in [9.17, 15) is 10.1 Å². The fraction of sp³-hybridized carbons (Fsp3) is 0.143. The summed E-state index contributed by atoms with van der Waals surface area (Å²) in [5.74, 6) is -0.110. The van der Waals surface area contributed by atoms with E-state index in [1.54, 1.807) is 18.2 Å². The maximum absolute atomic E-state index is 13.0. The number of hydrogen-bond acceptors (Lipinski definition) is 6. The van der Waals surface area contributed by atoms with Crippen LogP contribution in [0.5, 0.6) is 11.5 Å². The second-order valence-electron chi connectivity index (χ2n) is 8.51. The van der Waals surface area contributed by atoms with Crippen molar-refractivity contribution in [2.75, 3.05) is 0 Å². The molecule has 3 aromatic carbocycles. The first-order valence-corrected chi connectivity index (χ1v) is 11.8. The number of fused-ring (bicyclic) bond motifs is 2. The van der Waals surface area contributed by atoms with Gasteiger partial charge < -0.3 is 19.6 Å². The molecule has 1 aromatic heterocycles. The van der Waals surface area contributed by atoms with E-state index in [-0.39, 0.29) is 17.4 Å². The zero-order valence-electron chi connectivity index (χ0n) is 19.3. The van der Waals surface area contributed by atoms with E-state index in [2.05, 4.69) is 22.0 Å². The minimum atomic E-state index is -0.600. The minimum Gasteiger partial charge on any atom is -0.448 e. The fourth-order valence-electron chi connectivity index (χ4n) is 4.36. The molecule has 5 rings (SSSR count). The van der Waals surface area contributed by atoms with Crippen molar-refractivity contribution in [3.8, 4) is 17.6 Å². The summed E-state index contributed by atoms with van der Waals surface area (Å²) in [6.07, 6.45) is 0. The summed E-state index contributed by atoms with van der Waals surface area (Å²) in [6, 6.07) is 18.9. The molecule has 0 spiro atoms. The third-order valence-electron chi connectivity index (χ3n) is 6.42. The lowest BCUT2D eigenvalue weighted by Crippen LogP contribution is -2.21. The first-order valence-electron chi connectivity index (χ1n) is 11.0. The molecule has 0 saturated heterocycles. The number of furan rings is 1. The van der Waals surface area contributed by atoms with E-state index < -0.39 is 11.9 Å². The Bertz CT molecular complexity index is 1580. The second-order valence-corrected chi connectivity index (χ2v) is 9.42. The summed E-state index contributed by atoms with van der Waals surface area (Å²) < 4.78 is 18.2. The van der Waals surface area contributed by atoms with Gasteiger partial charge in [-0.3, -0.25) is 0 Å². The van der Waals surface area contributed by atoms with Crippen LogP contribution in [0.3, 0.4) is 0 Å². The van der Waals surface area contributed by atoms with E-state index in [0.717, 1.165) is 37.7 Å². The molecule has 2 heterocycles. The lowest BCUT2D eigenvalue weighted by Gasteiger charge is -2.26. The van der Waals surface area contributed by atoms with E-state index in [1.165, 1.54) is 0 Å². The third kappa shape index (κ3) is 3.86. The maximum Gasteiger partial charge on any atom is 0.379 e. The Labute approximate surface area is 210 Å². The fourth-order valence-corrected chi connectivity index (χ4v) is 4.63. The van der Waals surface area contributed by atoms with Crippen LogP contribution in [-0.4, -0.2) is 5.97 Å². The zero-order chi connectivity index (χ0) is 24.9. The van der Waals surface area contributed by atoms with Gasteiger partial charge >= 0.3 is 5.97 Å². The first-order chi connectivity index (χ1) is 16.8. The van der Waals surface area contributed by atoms with Gasteiger partial charge in [0.25, 0.3) is 0 Å². The number of carbonyl (C=O) groups is 1. The monoisotopic (exact) mass is 528 g/mol. The van der Waals surface area contributed by atoms with Crippen molar-refractivity contribution in [2.45, 2.75) is 26.7 Å². The van der Waals surface area contributed by atoms with Crippen LogP contribution in [0.1, 0.15) is 44.3 Å². The summed E-state index contributed by atoms with van der Waals surface area (Å²) in [7, 11) is 0. The van der Waals surface area contributed by atoms with E-state index >= 15 is 0 Å². The normalized spacial score (nSPS) is 14.9. The highest BCUT2D eigenvalue weighted by molar-refractivity contribution is 9.10. The molecule has 35 heavy (non-hydrogen) atoms. The zero-order valence-corrected chi connectivity index (χ0v) is 20.9. The van der Waals surface area contributed by atoms with Crippen LogP contribution in [-0.2, 0) is 0 Å². The number of halogens is 1. The minimum absolute atomic E-state index is 0.0235. The van der Waals surface area contributed by atoms with Gasteiger partial charge in [-0.1, -0.05) is 46.3 Å². The molecule has 0 fully saturated rings. The molecule has 0 saturated carbocycles. The second kappa shape index (κ2) is 8.64. The summed E-state index contributed by atoms with van der Waals surface area (Å²) in [4.78, 5) is 13.0. The number of nitrogens with zero attached hydrogens (tertiary/aromatic N) is 1. The third-order valence-corrected chi connectivity index (χ3v) is 6.94. The van der Waals surface area contributed by atoms with Crippen LogP contribution in [0, 0.1) is 32.1 Å². The Balaban J connectivity index is 1.49. The maximum atomic E-state index is 13.0. The first kappa shape index (κ1) is 22.8. The van der Waals surface area contributed by atoms with Crippen molar-refractivity contribution in [2.24, 2.45) is 5.73 Å². The number of allylic oxidation sites excluding steroid dienone is 1. The number of esters is 1. The van der Waals surface area contributed by atoms with Crippen molar-refractivity contribution < 1.29 is 18.7 Å². The number of aryl methyl sites for hydroxylation is 3. The molecule has 6 nitrogen and oxygen atoms in total. The van der Waals surface area contributed by atoms with Crippen LogP contribution < -0.4 is 15.2 Å². The predicted molar refractivity (Wildman–Crippen MR) is 135 cm³/mol. The van der Waals surface area contributed by atoms with Crippen molar-refractivity contribution >= 4 is 32.9 Å². The highest BCUT2D eigenvalue weighted by atomic mass is 79.9. The molecule has 7 heteroatoms. The van der Waals surface area contributed by atoms with Crippen LogP contribution in [0.25, 0.3) is 11.0 Å². The smallest absolute Gasteiger partial charge is 0.379 e. The predicted octanol–water partition coefficient (Wildman–Crippen LogP) is 6.56. The van der Waals surface area contributed by atoms with Gasteiger partial charge in [-0.05, 0) is 55.7 Å². The van der Waals surface area contributed by atoms with Gasteiger partial charge in [0, 0.05) is 27.1 Å². The molecule has 1 unspecified atom stereocenters. The number of nitriles is 1. The summed E-state index contributed by atoms with van der Waals surface area (Å²) in [5.41, 5.74) is 11.6. The molecule has 1 aliphatic rings. The van der Waals surface area contributed by atoms with Crippen molar-refractivity contribution in [3.05, 3.63) is 104 Å². The molecule has 4 aromatic rings. The van der Waals surface area contributed by atoms with Gasteiger partial charge in [-0.25, -0.2) is 4.79 Å². The van der Waals surface area contributed by atoms with Crippen molar-refractivity contribution in [3.63, 3.8) is 0 Å². The molecular formula is C28H21BrN2O4. The van der Waals surface area contributed by atoms with Gasteiger partial charge in [0.15, 0.2) is 0 Å². The Hall–Kier alpha value is -4.02. The Morgan fingerprint density at radius 1 is 1.06 bits per heavy atom. The number of carbonyl (C=O) groups excluding carboxylic acids is 1. The lowest BCUT2D eigenvalue weighted by atomic mass is 9.83. The molecule has 0 radical (unpaired) electrons. The molecule has 0 aliphatic carbocycles. The van der Waals surface area contributed by atoms with Gasteiger partial charge in [-0.2, -0.15) is 5.26 Å². The molecule has 174 valence electrons. The van der Waals surface area contributed by atoms with E-state index in [1.807, 2.05) is 57.2 Å². The van der Waals surface area contributed by atoms with Crippen molar-refractivity contribution in [1.82, 2.24) is 0 Å². The molecule has 1 atom stereocenters. The largest absolute Gasteiger partial charge is 0.448 e. The van der Waals surface area contributed by atoms with Crippen LogP contribution >= 0.6 is 15.9 Å². The SMILES string of the molecule is Cc1ccc2c(C)c(C(=O)Oc3ccc4c(c3)OC(N)=C(C#N)C4c3ccc(Br)cc3)oc2c1C. The highest BCUT2D eigenvalue weighted by Gasteiger charge is 2.31. The quantitative estimate of drug-likeness (QED) is 0.239. The summed E-state index contributed by atoms with van der Waals surface area (Å²) in [5, 5.41) is 10.6. The number of hydrogen-bond donors (Lipinski definition) is 1. The Kier molecular flexibility index (Phi) is 5.62. The highest BCUT2D eigenvalue weighted by Crippen LogP contribution is 2.43. The van der Waals surface area contributed by atoms with Gasteiger partial charge in [-0.15, -0.1) is 0 Å². The average Bonchev–Trinajstić information content (AvgIpc) is 3.18. The molecule has 1 aliphatic heterocycles. The molecule has 2 N–H and O–H groups in total. The van der Waals surface area contributed by atoms with Crippen LogP contribution in [0.4, 0.5) is 0 Å². The van der Waals surface area contributed by atoms with Crippen LogP contribution in [0.15, 0.2) is 74.9 Å². The van der Waals surface area contributed by atoms with E-state index in [4.69, 9.17) is 19.6 Å². The molecular weight excluding hydrogens is 508 g/mol. The van der Waals surface area contributed by atoms with Crippen molar-refractivity contribution in [1.29, 1.82) is 5.26 Å². The Morgan fingerprint density at radius 2 is 1.80 bits per heavy atom. The van der Waals surface area contributed by atoms with Gasteiger partial charge in [0.2, 0.25) is 11.6 Å². The molecule has 0 bridgehead atoms. The Morgan fingerprint density at radius 3 is 2.51 bits per heavy atom. The summed E-state index contributed by atoms with van der Waals surface area (Å²) >= 11 is 3.44. The standard InChI is InChI=1S/C28H21BrN2O4/c1-14-4-10-20-16(3)26(35-25(20)15(14)2)28(32)33-19-9-11-21-23(12-19)34-27(31)22(13-30)24(21)17-5-7-18(29)8-6-17/h4-12,24H,31H2,1-3H3. The topological polar surface area (TPSA) is 98.5 Å². The molecule has 0 amide bonds. The number of nitrogens with two attached hydrogens (primary N) is 1.